The van der Waals surface area contributed by atoms with E-state index in [1.54, 1.807) is 18.3 Å². The van der Waals surface area contributed by atoms with Crippen molar-refractivity contribution >= 4 is 29.0 Å². The first-order valence-electron chi connectivity index (χ1n) is 10.7. The Morgan fingerprint density at radius 3 is 2.39 bits per heavy atom. The molecule has 5 heterocycles. The molecule has 2 unspecified atom stereocenters. The van der Waals surface area contributed by atoms with Crippen molar-refractivity contribution in [2.75, 3.05) is 23.3 Å². The molecule has 2 saturated heterocycles. The number of aliphatic carboxylic acids is 1. The molecule has 194 valence electrons. The van der Waals surface area contributed by atoms with Crippen molar-refractivity contribution in [2.24, 2.45) is 7.05 Å². The van der Waals surface area contributed by atoms with Gasteiger partial charge in [0.25, 0.3) is 12.3 Å². The highest BCUT2D eigenvalue weighted by Crippen LogP contribution is 2.26. The number of hydrogen-bond donors (Lipinski definition) is 3. The van der Waals surface area contributed by atoms with E-state index >= 15 is 0 Å². The van der Waals surface area contributed by atoms with E-state index in [1.165, 1.54) is 22.4 Å². The number of hydrogen-bond acceptors (Lipinski definition) is 7. The van der Waals surface area contributed by atoms with E-state index in [2.05, 4.69) is 30.7 Å². The van der Waals surface area contributed by atoms with Crippen LogP contribution in [-0.4, -0.2) is 72.7 Å². The molecule has 2 aliphatic heterocycles. The monoisotopic (exact) mass is 516 g/mol. The lowest BCUT2D eigenvalue weighted by Crippen LogP contribution is -2.51. The Morgan fingerprint density at radius 1 is 1.17 bits per heavy atom. The second kappa shape index (κ2) is 9.67. The smallest absolute Gasteiger partial charge is 0.475 e. The van der Waals surface area contributed by atoms with E-state index in [0.29, 0.717) is 23.5 Å². The lowest BCUT2D eigenvalue weighted by Gasteiger charge is -2.32. The van der Waals surface area contributed by atoms with Crippen molar-refractivity contribution in [1.82, 2.24) is 29.7 Å². The van der Waals surface area contributed by atoms with Gasteiger partial charge in [-0.15, -0.1) is 5.10 Å². The van der Waals surface area contributed by atoms with Gasteiger partial charge in [-0.2, -0.15) is 18.3 Å². The number of carboxylic acids is 1. The molecule has 3 aromatic heterocycles. The number of aryl methyl sites for hydroxylation is 1. The van der Waals surface area contributed by atoms with E-state index in [1.807, 2.05) is 0 Å². The number of carbonyl (C=O) groups excluding carboxylic acids is 1. The van der Waals surface area contributed by atoms with Crippen molar-refractivity contribution in [3.8, 4) is 0 Å². The highest BCUT2D eigenvalue weighted by molar-refractivity contribution is 6.04. The Morgan fingerprint density at radius 2 is 1.81 bits per heavy atom. The summed E-state index contributed by atoms with van der Waals surface area (Å²) in [7, 11) is 1.52. The number of piperazine rings is 1. The minimum Gasteiger partial charge on any atom is -0.475 e. The molecule has 3 aromatic rings. The van der Waals surface area contributed by atoms with Crippen molar-refractivity contribution in [3.05, 3.63) is 35.9 Å². The third-order valence-corrected chi connectivity index (χ3v) is 5.67. The van der Waals surface area contributed by atoms with E-state index in [0.717, 1.165) is 25.9 Å². The number of nitrogens with one attached hydrogen (secondary N) is 2. The van der Waals surface area contributed by atoms with Gasteiger partial charge in [0, 0.05) is 38.4 Å². The van der Waals surface area contributed by atoms with E-state index in [-0.39, 0.29) is 11.4 Å². The molecular weight excluding hydrogens is 495 g/mol. The van der Waals surface area contributed by atoms with Crippen molar-refractivity contribution in [3.63, 3.8) is 0 Å². The summed E-state index contributed by atoms with van der Waals surface area (Å²) in [6.45, 7) is 1.64. The van der Waals surface area contributed by atoms with Gasteiger partial charge in [-0.3, -0.25) is 9.48 Å². The summed E-state index contributed by atoms with van der Waals surface area (Å²) in [6.07, 6.45) is -2.58. The zero-order chi connectivity index (χ0) is 26.2. The second-order valence-electron chi connectivity index (χ2n) is 8.32. The summed E-state index contributed by atoms with van der Waals surface area (Å²) in [5.74, 6) is -2.74. The summed E-state index contributed by atoms with van der Waals surface area (Å²) in [5.41, 5.74) is 0.409. The highest BCUT2D eigenvalue weighted by Gasteiger charge is 2.38. The molecule has 0 aromatic carbocycles. The average Bonchev–Trinajstić information content (AvgIpc) is 3.49. The van der Waals surface area contributed by atoms with Crippen LogP contribution >= 0.6 is 0 Å². The van der Waals surface area contributed by atoms with Gasteiger partial charge in [-0.1, -0.05) is 0 Å². The molecular formula is C20H21F5N8O3. The van der Waals surface area contributed by atoms with Crippen LogP contribution in [0.2, 0.25) is 0 Å². The van der Waals surface area contributed by atoms with E-state index in [9.17, 15) is 26.7 Å². The second-order valence-corrected chi connectivity index (χ2v) is 8.32. The minimum absolute atomic E-state index is 0.0181. The third-order valence-electron chi connectivity index (χ3n) is 5.67. The van der Waals surface area contributed by atoms with Gasteiger partial charge in [0.1, 0.15) is 5.69 Å². The number of carboxylic acid groups (broad SMARTS) is 1. The Balaban J connectivity index is 0.000000384. The molecule has 2 bridgehead atoms. The first-order chi connectivity index (χ1) is 16.9. The van der Waals surface area contributed by atoms with Gasteiger partial charge in [0.05, 0.1) is 17.4 Å². The molecule has 2 fully saturated rings. The first kappa shape index (κ1) is 25.3. The van der Waals surface area contributed by atoms with Gasteiger partial charge >= 0.3 is 12.1 Å². The fraction of sp³-hybridized carbons (Fsp3) is 0.450. The van der Waals surface area contributed by atoms with Crippen LogP contribution in [0.15, 0.2) is 24.5 Å². The molecule has 16 heteroatoms. The number of carbonyl (C=O) groups is 2. The summed E-state index contributed by atoms with van der Waals surface area (Å²) in [4.78, 5) is 28.2. The Labute approximate surface area is 199 Å². The molecule has 2 atom stereocenters. The normalized spacial score (nSPS) is 19.4. The Hall–Kier alpha value is -3.82. The van der Waals surface area contributed by atoms with Gasteiger partial charge in [-0.05, 0) is 25.0 Å². The number of alkyl halides is 5. The quantitative estimate of drug-likeness (QED) is 0.451. The topological polar surface area (TPSA) is 130 Å². The first-order valence-corrected chi connectivity index (χ1v) is 10.7. The largest absolute Gasteiger partial charge is 0.490 e. The number of rotatable bonds is 4. The van der Waals surface area contributed by atoms with E-state index < -0.39 is 30.2 Å². The zero-order valence-corrected chi connectivity index (χ0v) is 18.7. The van der Waals surface area contributed by atoms with Crippen LogP contribution in [0.25, 0.3) is 5.52 Å². The molecule has 1 amide bonds. The molecule has 36 heavy (non-hydrogen) atoms. The minimum atomic E-state index is -5.08. The predicted molar refractivity (Wildman–Crippen MR) is 115 cm³/mol. The molecule has 11 nitrogen and oxygen atoms in total. The van der Waals surface area contributed by atoms with Gasteiger partial charge in [0.15, 0.2) is 5.69 Å². The number of nitrogens with zero attached hydrogens (tertiary/aromatic N) is 6. The van der Waals surface area contributed by atoms with Crippen LogP contribution in [0, 0.1) is 0 Å². The maximum atomic E-state index is 13.2. The summed E-state index contributed by atoms with van der Waals surface area (Å²) in [6, 6.07) is 4.18. The van der Waals surface area contributed by atoms with Gasteiger partial charge in [0.2, 0.25) is 5.95 Å². The molecule has 2 aliphatic rings. The number of amides is 1. The van der Waals surface area contributed by atoms with Crippen LogP contribution in [0.4, 0.5) is 33.6 Å². The molecule has 3 N–H and O–H groups in total. The number of aromatic nitrogens is 5. The lowest BCUT2D eigenvalue weighted by atomic mass is 10.2. The number of fused-ring (bicyclic) bond motifs is 3. The molecule has 0 radical (unpaired) electrons. The highest BCUT2D eigenvalue weighted by atomic mass is 19.4. The lowest BCUT2D eigenvalue weighted by molar-refractivity contribution is -0.192. The average molecular weight is 516 g/mol. The summed E-state index contributed by atoms with van der Waals surface area (Å²) >= 11 is 0. The van der Waals surface area contributed by atoms with Crippen LogP contribution in [0.3, 0.4) is 0 Å². The van der Waals surface area contributed by atoms with Crippen molar-refractivity contribution in [1.29, 1.82) is 0 Å². The standard InChI is InChI=1S/C18H20F2N8O.C2HF3O2/c1-26-9-13(15(24-26)16(19)20)23-17(29)14-5-4-12-6-21-18(25-28(12)14)27-7-10-2-3-11(8-27)22-10;3-2(4,5)1(6)7/h4-6,9-11,16,22H,2-3,7-8H2,1H3,(H,23,29);(H,6,7). The van der Waals surface area contributed by atoms with Crippen molar-refractivity contribution in [2.45, 2.75) is 37.5 Å². The number of anilines is 2. The maximum absolute atomic E-state index is 13.2. The predicted octanol–water partition coefficient (Wildman–Crippen LogP) is 2.23. The van der Waals surface area contributed by atoms with Crippen LogP contribution < -0.4 is 15.5 Å². The van der Waals surface area contributed by atoms with E-state index in [4.69, 9.17) is 9.90 Å². The molecule has 5 rings (SSSR count). The van der Waals surface area contributed by atoms with Gasteiger partial charge in [-0.25, -0.2) is 23.1 Å². The van der Waals surface area contributed by atoms with Crippen LogP contribution in [0.1, 0.15) is 35.4 Å². The fourth-order valence-electron chi connectivity index (χ4n) is 4.12. The SMILES string of the molecule is Cn1cc(NC(=O)c2ccc3cnc(N4CC5CCC(C4)N5)nn23)c(C(F)F)n1.O=C(O)C(F)(F)F. The van der Waals surface area contributed by atoms with Crippen LogP contribution in [0.5, 0.6) is 0 Å². The summed E-state index contributed by atoms with van der Waals surface area (Å²) in [5, 5.41) is 21.5. The molecule has 0 saturated carbocycles. The maximum Gasteiger partial charge on any atom is 0.490 e. The Kier molecular flexibility index (Phi) is 6.79. The number of halogens is 5. The summed E-state index contributed by atoms with van der Waals surface area (Å²) < 4.78 is 60.8. The molecule has 0 aliphatic carbocycles. The zero-order valence-electron chi connectivity index (χ0n) is 18.7. The molecule has 0 spiro atoms. The van der Waals surface area contributed by atoms with Gasteiger partial charge < -0.3 is 20.6 Å². The fourth-order valence-corrected chi connectivity index (χ4v) is 4.12. The van der Waals surface area contributed by atoms with Crippen molar-refractivity contribution < 1.29 is 36.6 Å². The third kappa shape index (κ3) is 5.37. The van der Waals surface area contributed by atoms with Crippen LogP contribution in [-0.2, 0) is 11.8 Å². The Bertz CT molecular complexity index is 1260.